The summed E-state index contributed by atoms with van der Waals surface area (Å²) < 4.78 is 10.5. The summed E-state index contributed by atoms with van der Waals surface area (Å²) in [6.07, 6.45) is 0.553. The van der Waals surface area contributed by atoms with Crippen LogP contribution in [0.3, 0.4) is 0 Å². The minimum Gasteiger partial charge on any atom is -0.466 e. The van der Waals surface area contributed by atoms with Crippen molar-refractivity contribution in [3.05, 3.63) is 95.6 Å². The van der Waals surface area contributed by atoms with Crippen LogP contribution in [0.1, 0.15) is 74.5 Å². The Morgan fingerprint density at radius 3 is 2.33 bits per heavy atom. The van der Waals surface area contributed by atoms with Gasteiger partial charge in [-0.05, 0) is 70.0 Å². The number of hydrogen-bond donors (Lipinski definition) is 1. The third-order valence-corrected chi connectivity index (χ3v) is 6.90. The Bertz CT molecular complexity index is 1570. The Kier molecular flexibility index (Phi) is 11.0. The number of fused-ring (bicyclic) bond motifs is 1. The zero-order valence-corrected chi connectivity index (χ0v) is 26.2. The number of unbranched alkanes of at least 4 members (excludes halogenated alkanes) is 1. The van der Waals surface area contributed by atoms with Crippen molar-refractivity contribution in [3.8, 4) is 11.8 Å². The number of ether oxygens (including phenoxy) is 2. The van der Waals surface area contributed by atoms with E-state index in [1.165, 1.54) is 4.90 Å². The molecule has 3 aromatic carbocycles. The Labute approximate surface area is 264 Å². The SMILES string of the molecule is CCOC(=O)CC(c1ccccc1)N1CC(=O)N(c2ccccc2)c2ccc(C#CCCCNC(=O)OC(C)(C)C)cc2C1=O. The quantitative estimate of drug-likeness (QED) is 0.177. The first-order valence-electron chi connectivity index (χ1n) is 15.1. The highest BCUT2D eigenvalue weighted by Crippen LogP contribution is 2.36. The molecule has 0 radical (unpaired) electrons. The summed E-state index contributed by atoms with van der Waals surface area (Å²) >= 11 is 0. The second-order valence-electron chi connectivity index (χ2n) is 11.5. The number of alkyl carbamates (subject to hydrolysis) is 1. The van der Waals surface area contributed by atoms with Gasteiger partial charge in [0.25, 0.3) is 11.8 Å². The first kappa shape index (κ1) is 32.8. The van der Waals surface area contributed by atoms with E-state index < -0.39 is 23.7 Å². The maximum Gasteiger partial charge on any atom is 0.407 e. The van der Waals surface area contributed by atoms with Gasteiger partial charge in [0, 0.05) is 24.2 Å². The molecule has 0 bridgehead atoms. The van der Waals surface area contributed by atoms with Gasteiger partial charge in [-0.15, -0.1) is 0 Å². The number of nitrogens with one attached hydrogen (secondary N) is 1. The van der Waals surface area contributed by atoms with Crippen molar-refractivity contribution in [3.63, 3.8) is 0 Å². The van der Waals surface area contributed by atoms with Crippen LogP contribution in [0.2, 0.25) is 0 Å². The van der Waals surface area contributed by atoms with Gasteiger partial charge in [-0.25, -0.2) is 4.79 Å². The van der Waals surface area contributed by atoms with Gasteiger partial charge in [0.15, 0.2) is 0 Å². The van der Waals surface area contributed by atoms with Crippen LogP contribution in [0.5, 0.6) is 0 Å². The molecule has 1 heterocycles. The van der Waals surface area contributed by atoms with Crippen LogP contribution in [0, 0.1) is 11.8 Å². The van der Waals surface area contributed by atoms with E-state index in [0.29, 0.717) is 41.9 Å². The van der Waals surface area contributed by atoms with E-state index in [4.69, 9.17) is 9.47 Å². The second-order valence-corrected chi connectivity index (χ2v) is 11.5. The van der Waals surface area contributed by atoms with Gasteiger partial charge < -0.3 is 19.7 Å². The molecule has 1 aliphatic rings. The van der Waals surface area contributed by atoms with Crippen LogP contribution in [0.4, 0.5) is 16.2 Å². The molecule has 0 aliphatic carbocycles. The van der Waals surface area contributed by atoms with Crippen LogP contribution in [-0.4, -0.2) is 54.1 Å². The molecular weight excluding hydrogens is 570 g/mol. The summed E-state index contributed by atoms with van der Waals surface area (Å²) in [6.45, 7) is 7.52. The number of hydrogen-bond acceptors (Lipinski definition) is 6. The van der Waals surface area contributed by atoms with Crippen LogP contribution in [0.15, 0.2) is 78.9 Å². The fraction of sp³-hybridized carbons (Fsp3) is 0.333. The van der Waals surface area contributed by atoms with Gasteiger partial charge in [0.2, 0.25) is 0 Å². The fourth-order valence-electron chi connectivity index (χ4n) is 4.98. The molecule has 0 spiro atoms. The Balaban J connectivity index is 1.65. The lowest BCUT2D eigenvalue weighted by Crippen LogP contribution is -2.41. The van der Waals surface area contributed by atoms with E-state index in [-0.39, 0.29) is 31.4 Å². The van der Waals surface area contributed by atoms with Crippen LogP contribution >= 0.6 is 0 Å². The highest BCUT2D eigenvalue weighted by atomic mass is 16.6. The molecule has 1 aliphatic heterocycles. The van der Waals surface area contributed by atoms with Gasteiger partial charge in [-0.1, -0.05) is 60.4 Å². The summed E-state index contributed by atoms with van der Waals surface area (Å²) in [5.74, 6) is 5.05. The first-order chi connectivity index (χ1) is 21.6. The first-order valence-corrected chi connectivity index (χ1v) is 15.1. The maximum atomic E-state index is 14.3. The van der Waals surface area contributed by atoms with Gasteiger partial charge in [0.1, 0.15) is 12.1 Å². The number of rotatable bonds is 9. The van der Waals surface area contributed by atoms with Crippen molar-refractivity contribution in [2.24, 2.45) is 0 Å². The lowest BCUT2D eigenvalue weighted by atomic mass is 10.00. The molecule has 0 saturated heterocycles. The van der Waals surface area contributed by atoms with Crippen molar-refractivity contribution in [1.29, 1.82) is 0 Å². The monoisotopic (exact) mass is 609 g/mol. The predicted molar refractivity (Wildman–Crippen MR) is 172 cm³/mol. The molecule has 0 fully saturated rings. The van der Waals surface area contributed by atoms with E-state index >= 15 is 0 Å². The van der Waals surface area contributed by atoms with Crippen molar-refractivity contribution >= 4 is 35.3 Å². The van der Waals surface area contributed by atoms with E-state index in [9.17, 15) is 19.2 Å². The number of amides is 3. The normalized spacial score (nSPS) is 13.6. The minimum absolute atomic E-state index is 0.103. The number of esters is 1. The largest absolute Gasteiger partial charge is 0.466 e. The number of anilines is 2. The molecule has 9 heteroatoms. The summed E-state index contributed by atoms with van der Waals surface area (Å²) in [4.78, 5) is 55.8. The molecule has 3 aromatic rings. The van der Waals surface area contributed by atoms with Crippen molar-refractivity contribution in [1.82, 2.24) is 10.2 Å². The Hall–Kier alpha value is -5.10. The molecule has 3 amide bonds. The number of carbonyl (C=O) groups excluding carboxylic acids is 4. The maximum absolute atomic E-state index is 14.3. The average Bonchev–Trinajstić information content (AvgIpc) is 3.11. The lowest BCUT2D eigenvalue weighted by molar-refractivity contribution is -0.144. The number of para-hydroxylation sites is 1. The Morgan fingerprint density at radius 1 is 0.978 bits per heavy atom. The standard InChI is InChI=1S/C36H39N3O6/c1-5-44-33(41)24-31(27-16-10-6-11-17-27)38-25-32(40)39(28-18-12-7-13-19-28)30-21-20-26(23-29(30)34(38)42)15-9-8-14-22-37-35(43)45-36(2,3)4/h6-7,10-13,16-21,23,31H,5,8,14,22,24-25H2,1-4H3,(H,37,43). The van der Waals surface area contributed by atoms with Crippen molar-refractivity contribution in [2.75, 3.05) is 24.6 Å². The molecule has 0 aromatic heterocycles. The lowest BCUT2D eigenvalue weighted by Gasteiger charge is -2.30. The van der Waals surface area contributed by atoms with Gasteiger partial charge in [0.05, 0.1) is 30.3 Å². The molecule has 234 valence electrons. The summed E-state index contributed by atoms with van der Waals surface area (Å²) in [5, 5.41) is 2.72. The summed E-state index contributed by atoms with van der Waals surface area (Å²) in [6, 6.07) is 22.8. The number of nitrogens with zero attached hydrogens (tertiary/aromatic N) is 2. The average molecular weight is 610 g/mol. The van der Waals surface area contributed by atoms with Gasteiger partial charge in [-0.3, -0.25) is 19.3 Å². The number of benzene rings is 3. The summed E-state index contributed by atoms with van der Waals surface area (Å²) in [5.41, 5.74) is 2.12. The molecule has 4 rings (SSSR count). The molecule has 0 saturated carbocycles. The van der Waals surface area contributed by atoms with Crippen LogP contribution in [0.25, 0.3) is 0 Å². The topological polar surface area (TPSA) is 105 Å². The number of carbonyl (C=O) groups is 4. The highest BCUT2D eigenvalue weighted by Gasteiger charge is 2.37. The zero-order valence-electron chi connectivity index (χ0n) is 26.2. The summed E-state index contributed by atoms with van der Waals surface area (Å²) in [7, 11) is 0. The van der Waals surface area contributed by atoms with Gasteiger partial charge >= 0.3 is 12.1 Å². The molecule has 1 unspecified atom stereocenters. The van der Waals surface area contributed by atoms with E-state index in [1.54, 1.807) is 50.8 Å². The Morgan fingerprint density at radius 2 is 1.67 bits per heavy atom. The van der Waals surface area contributed by atoms with E-state index in [1.807, 2.05) is 60.7 Å². The van der Waals surface area contributed by atoms with E-state index in [0.717, 1.165) is 5.56 Å². The fourth-order valence-corrected chi connectivity index (χ4v) is 4.98. The highest BCUT2D eigenvalue weighted by molar-refractivity contribution is 6.13. The molecule has 9 nitrogen and oxygen atoms in total. The van der Waals surface area contributed by atoms with E-state index in [2.05, 4.69) is 17.2 Å². The van der Waals surface area contributed by atoms with Crippen molar-refractivity contribution in [2.45, 2.75) is 58.6 Å². The van der Waals surface area contributed by atoms with Gasteiger partial charge in [-0.2, -0.15) is 0 Å². The minimum atomic E-state index is -0.725. The zero-order chi connectivity index (χ0) is 32.4. The van der Waals surface area contributed by atoms with Crippen molar-refractivity contribution < 1.29 is 28.7 Å². The molecular formula is C36H39N3O6. The molecule has 1 N–H and O–H groups in total. The van der Waals surface area contributed by atoms with Crippen LogP contribution in [-0.2, 0) is 19.1 Å². The second kappa shape index (κ2) is 15.1. The third kappa shape index (κ3) is 8.96. The smallest absolute Gasteiger partial charge is 0.407 e. The molecule has 45 heavy (non-hydrogen) atoms. The molecule has 1 atom stereocenters. The van der Waals surface area contributed by atoms with Crippen LogP contribution < -0.4 is 10.2 Å². The third-order valence-electron chi connectivity index (χ3n) is 6.90. The predicted octanol–water partition coefficient (Wildman–Crippen LogP) is 6.16.